The number of anilines is 1. The van der Waals surface area contributed by atoms with E-state index in [1.165, 1.54) is 17.7 Å². The maximum absolute atomic E-state index is 12.9. The molecule has 2 atom stereocenters. The molecule has 2 rings (SSSR count). The summed E-state index contributed by atoms with van der Waals surface area (Å²) in [4.78, 5) is 12.3. The number of carbonyl (C=O) groups is 1. The minimum Gasteiger partial charge on any atom is -0.325 e. The van der Waals surface area contributed by atoms with Gasteiger partial charge in [0.05, 0.1) is 6.04 Å². The molecule has 0 aliphatic rings. The summed E-state index contributed by atoms with van der Waals surface area (Å²) in [5.41, 5.74) is 1.77. The summed E-state index contributed by atoms with van der Waals surface area (Å²) in [6.07, 6.45) is 1.98. The van der Waals surface area contributed by atoms with Gasteiger partial charge in [0.15, 0.2) is 0 Å². The normalized spacial score (nSPS) is 13.3. The van der Waals surface area contributed by atoms with E-state index >= 15 is 0 Å². The predicted molar refractivity (Wildman–Crippen MR) is 91.7 cm³/mol. The van der Waals surface area contributed by atoms with Crippen LogP contribution in [0.3, 0.4) is 0 Å². The Balaban J connectivity index is 1.99. The van der Waals surface area contributed by atoms with E-state index in [9.17, 15) is 9.18 Å². The largest absolute Gasteiger partial charge is 0.325 e. The van der Waals surface area contributed by atoms with Crippen LogP contribution in [0.1, 0.15) is 38.3 Å². The fourth-order valence-corrected chi connectivity index (χ4v) is 2.48. The fourth-order valence-electron chi connectivity index (χ4n) is 2.48. The minimum absolute atomic E-state index is 0.131. The molecule has 1 amide bonds. The molecule has 0 aliphatic heterocycles. The Hall–Kier alpha value is -2.20. The molecule has 0 bridgehead atoms. The van der Waals surface area contributed by atoms with Gasteiger partial charge in [0.25, 0.3) is 0 Å². The van der Waals surface area contributed by atoms with Crippen molar-refractivity contribution in [2.45, 2.75) is 38.8 Å². The standard InChI is InChI=1S/C19H23FN2O/c1-3-7-18(15-8-5-4-6-9-15)21-14(2)19(23)22-17-12-10-16(20)11-13-17/h4-6,8-14,18,21H,3,7H2,1-2H3,(H,22,23)/t14-,18-/m1/s1. The van der Waals surface area contributed by atoms with Gasteiger partial charge in [-0.3, -0.25) is 10.1 Å². The molecule has 3 nitrogen and oxygen atoms in total. The highest BCUT2D eigenvalue weighted by molar-refractivity contribution is 5.94. The first kappa shape index (κ1) is 17.2. The lowest BCUT2D eigenvalue weighted by molar-refractivity contribution is -0.118. The van der Waals surface area contributed by atoms with Crippen LogP contribution in [0, 0.1) is 5.82 Å². The second-order valence-corrected chi connectivity index (χ2v) is 5.64. The van der Waals surface area contributed by atoms with Gasteiger partial charge in [0.1, 0.15) is 5.82 Å². The highest BCUT2D eigenvalue weighted by atomic mass is 19.1. The van der Waals surface area contributed by atoms with Crippen LogP contribution < -0.4 is 10.6 Å². The molecule has 0 spiro atoms. The van der Waals surface area contributed by atoms with Gasteiger partial charge in [-0.05, 0) is 43.2 Å². The molecular formula is C19H23FN2O. The molecule has 23 heavy (non-hydrogen) atoms. The Morgan fingerprint density at radius 1 is 1.09 bits per heavy atom. The second kappa shape index (κ2) is 8.44. The number of amides is 1. The van der Waals surface area contributed by atoms with Crippen LogP contribution >= 0.6 is 0 Å². The quantitative estimate of drug-likeness (QED) is 0.800. The van der Waals surface area contributed by atoms with Gasteiger partial charge in [-0.15, -0.1) is 0 Å². The molecule has 0 aromatic heterocycles. The van der Waals surface area contributed by atoms with Crippen LogP contribution in [-0.2, 0) is 4.79 Å². The molecule has 0 unspecified atom stereocenters. The molecule has 0 radical (unpaired) electrons. The number of carbonyl (C=O) groups excluding carboxylic acids is 1. The van der Waals surface area contributed by atoms with E-state index in [-0.39, 0.29) is 23.8 Å². The first-order chi connectivity index (χ1) is 11.1. The summed E-state index contributed by atoms with van der Waals surface area (Å²) in [6, 6.07) is 15.7. The molecule has 0 fully saturated rings. The van der Waals surface area contributed by atoms with Gasteiger partial charge < -0.3 is 5.32 Å². The number of hydrogen-bond donors (Lipinski definition) is 2. The maximum Gasteiger partial charge on any atom is 0.241 e. The van der Waals surface area contributed by atoms with Crippen LogP contribution in [-0.4, -0.2) is 11.9 Å². The molecule has 2 aromatic rings. The van der Waals surface area contributed by atoms with E-state index < -0.39 is 0 Å². The number of benzene rings is 2. The van der Waals surface area contributed by atoms with Crippen molar-refractivity contribution in [2.24, 2.45) is 0 Å². The van der Waals surface area contributed by atoms with Crippen molar-refractivity contribution in [2.75, 3.05) is 5.32 Å². The number of nitrogens with one attached hydrogen (secondary N) is 2. The highest BCUT2D eigenvalue weighted by Crippen LogP contribution is 2.19. The van der Waals surface area contributed by atoms with Gasteiger partial charge in [-0.2, -0.15) is 0 Å². The zero-order chi connectivity index (χ0) is 16.7. The summed E-state index contributed by atoms with van der Waals surface area (Å²) in [6.45, 7) is 3.96. The third kappa shape index (κ3) is 5.18. The van der Waals surface area contributed by atoms with E-state index in [1.807, 2.05) is 25.1 Å². The lowest BCUT2D eigenvalue weighted by Crippen LogP contribution is -2.40. The smallest absolute Gasteiger partial charge is 0.241 e. The molecule has 2 N–H and O–H groups in total. The molecule has 122 valence electrons. The summed E-state index contributed by atoms with van der Waals surface area (Å²) >= 11 is 0. The average Bonchev–Trinajstić information content (AvgIpc) is 2.57. The van der Waals surface area contributed by atoms with Crippen LogP contribution in [0.5, 0.6) is 0 Å². The first-order valence-electron chi connectivity index (χ1n) is 7.97. The van der Waals surface area contributed by atoms with E-state index in [4.69, 9.17) is 0 Å². The monoisotopic (exact) mass is 314 g/mol. The van der Waals surface area contributed by atoms with Crippen LogP contribution in [0.25, 0.3) is 0 Å². The summed E-state index contributed by atoms with van der Waals surface area (Å²) in [7, 11) is 0. The third-order valence-electron chi connectivity index (χ3n) is 3.74. The molecular weight excluding hydrogens is 291 g/mol. The Morgan fingerprint density at radius 2 is 1.74 bits per heavy atom. The number of rotatable bonds is 7. The van der Waals surface area contributed by atoms with Gasteiger partial charge in [-0.25, -0.2) is 4.39 Å². The molecule has 0 saturated carbocycles. The van der Waals surface area contributed by atoms with Crippen molar-refractivity contribution >= 4 is 11.6 Å². The molecule has 0 aliphatic carbocycles. The zero-order valence-corrected chi connectivity index (χ0v) is 13.6. The van der Waals surface area contributed by atoms with Crippen molar-refractivity contribution in [1.82, 2.24) is 5.32 Å². The van der Waals surface area contributed by atoms with Crippen molar-refractivity contribution in [3.63, 3.8) is 0 Å². The average molecular weight is 314 g/mol. The number of halogens is 1. The van der Waals surface area contributed by atoms with Gasteiger partial charge >= 0.3 is 0 Å². The number of hydrogen-bond acceptors (Lipinski definition) is 2. The van der Waals surface area contributed by atoms with Gasteiger partial charge in [0, 0.05) is 11.7 Å². The van der Waals surface area contributed by atoms with Crippen LogP contribution in [0.4, 0.5) is 10.1 Å². The Labute approximate surface area is 136 Å². The summed E-state index contributed by atoms with van der Waals surface area (Å²) < 4.78 is 12.9. The predicted octanol–water partition coefficient (Wildman–Crippen LogP) is 4.28. The third-order valence-corrected chi connectivity index (χ3v) is 3.74. The van der Waals surface area contributed by atoms with E-state index in [2.05, 4.69) is 29.7 Å². The Kier molecular flexibility index (Phi) is 6.29. The van der Waals surface area contributed by atoms with Crippen molar-refractivity contribution in [3.05, 3.63) is 66.0 Å². The van der Waals surface area contributed by atoms with E-state index in [1.54, 1.807) is 12.1 Å². The molecule has 4 heteroatoms. The van der Waals surface area contributed by atoms with Crippen molar-refractivity contribution in [1.29, 1.82) is 0 Å². The van der Waals surface area contributed by atoms with Gasteiger partial charge in [-0.1, -0.05) is 43.7 Å². The highest BCUT2D eigenvalue weighted by Gasteiger charge is 2.18. The molecule has 2 aromatic carbocycles. The summed E-state index contributed by atoms with van der Waals surface area (Å²) in [5, 5.41) is 6.18. The lowest BCUT2D eigenvalue weighted by Gasteiger charge is -2.23. The van der Waals surface area contributed by atoms with Crippen LogP contribution in [0.2, 0.25) is 0 Å². The first-order valence-corrected chi connectivity index (χ1v) is 7.97. The zero-order valence-electron chi connectivity index (χ0n) is 13.6. The fraction of sp³-hybridized carbons (Fsp3) is 0.316. The SMILES string of the molecule is CCC[C@@H](N[C@H](C)C(=O)Nc1ccc(F)cc1)c1ccccc1. The lowest BCUT2D eigenvalue weighted by atomic mass is 10.0. The minimum atomic E-state index is -0.350. The topological polar surface area (TPSA) is 41.1 Å². The van der Waals surface area contributed by atoms with E-state index in [0.29, 0.717) is 5.69 Å². The second-order valence-electron chi connectivity index (χ2n) is 5.64. The molecule has 0 saturated heterocycles. The Morgan fingerprint density at radius 3 is 2.35 bits per heavy atom. The van der Waals surface area contributed by atoms with Crippen molar-refractivity contribution in [3.8, 4) is 0 Å². The maximum atomic E-state index is 12.9. The summed E-state index contributed by atoms with van der Waals surface area (Å²) in [5.74, 6) is -0.449. The van der Waals surface area contributed by atoms with Gasteiger partial charge in [0.2, 0.25) is 5.91 Å². The van der Waals surface area contributed by atoms with Crippen LogP contribution in [0.15, 0.2) is 54.6 Å². The van der Waals surface area contributed by atoms with Crippen molar-refractivity contribution < 1.29 is 9.18 Å². The van der Waals surface area contributed by atoms with E-state index in [0.717, 1.165) is 12.8 Å². The Bertz CT molecular complexity index is 613. The molecule has 0 heterocycles.